The van der Waals surface area contributed by atoms with Crippen LogP contribution in [0, 0.1) is 5.41 Å². The van der Waals surface area contributed by atoms with Crippen molar-refractivity contribution < 1.29 is 28.7 Å². The molecule has 30 heavy (non-hydrogen) atoms. The second kappa shape index (κ2) is 12.1. The number of hydrogen-bond donors (Lipinski definition) is 3. The lowest BCUT2D eigenvalue weighted by Crippen LogP contribution is -2.55. The molecule has 0 aliphatic carbocycles. The molecule has 0 aromatic heterocycles. The Hall–Kier alpha value is -1.91. The molecule has 0 saturated carbocycles. The zero-order valence-electron chi connectivity index (χ0n) is 18.3. The highest BCUT2D eigenvalue weighted by Crippen LogP contribution is 2.34. The Bertz CT molecular complexity index is 663. The van der Waals surface area contributed by atoms with Crippen LogP contribution < -0.4 is 16.0 Å². The molecule has 1 heterocycles. The molecule has 0 radical (unpaired) electrons. The van der Waals surface area contributed by atoms with Gasteiger partial charge in [-0.15, -0.1) is 0 Å². The summed E-state index contributed by atoms with van der Waals surface area (Å²) in [5, 5.41) is 7.86. The molecule has 1 rings (SSSR count). The lowest BCUT2D eigenvalue weighted by atomic mass is 9.85. The third-order valence-corrected chi connectivity index (χ3v) is 5.13. The van der Waals surface area contributed by atoms with Crippen molar-refractivity contribution in [1.29, 1.82) is 0 Å². The highest BCUT2D eigenvalue weighted by atomic mass is 32.2. The molecule has 1 atom stereocenters. The molecule has 10 heteroatoms. The van der Waals surface area contributed by atoms with Crippen LogP contribution in [0.25, 0.3) is 0 Å². The van der Waals surface area contributed by atoms with E-state index in [9.17, 15) is 19.2 Å². The number of carbonyl (C=O) groups excluding carboxylic acids is 4. The first-order valence-corrected chi connectivity index (χ1v) is 10.9. The summed E-state index contributed by atoms with van der Waals surface area (Å²) in [4.78, 5) is 46.7. The van der Waals surface area contributed by atoms with Crippen molar-refractivity contribution in [1.82, 2.24) is 16.0 Å². The van der Waals surface area contributed by atoms with E-state index < -0.39 is 17.3 Å². The predicted octanol–water partition coefficient (Wildman–Crippen LogP) is 1.09. The van der Waals surface area contributed by atoms with Crippen LogP contribution in [0.5, 0.6) is 0 Å². The molecule has 1 fully saturated rings. The molecule has 0 aromatic carbocycles. The minimum absolute atomic E-state index is 0.0133. The average Bonchev–Trinajstić information content (AvgIpc) is 2.64. The van der Waals surface area contributed by atoms with Crippen molar-refractivity contribution >= 4 is 34.6 Å². The van der Waals surface area contributed by atoms with Crippen LogP contribution in [0.2, 0.25) is 0 Å². The standard InChI is InChI=1S/C20H33N3O6S/c1-14(24)21-9-6-7-16(26)30-12-11-22-15(25)8-10-23-18(27)17-19(2,3)13-28-20(4,5)29-17/h8,10,17H,6-7,9,11-13H2,1-5H3,(H,21,24)(H,22,25)(H,23,27)/t17-/m0/s1. The van der Waals surface area contributed by atoms with Crippen LogP contribution in [-0.2, 0) is 28.7 Å². The van der Waals surface area contributed by atoms with Crippen molar-refractivity contribution in [3.8, 4) is 0 Å². The first kappa shape index (κ1) is 26.1. The van der Waals surface area contributed by atoms with E-state index in [0.717, 1.165) is 11.8 Å². The quantitative estimate of drug-likeness (QED) is 0.341. The van der Waals surface area contributed by atoms with E-state index in [2.05, 4.69) is 16.0 Å². The fourth-order valence-electron chi connectivity index (χ4n) is 2.56. The highest BCUT2D eigenvalue weighted by Gasteiger charge is 2.45. The maximum atomic E-state index is 12.4. The maximum absolute atomic E-state index is 12.4. The summed E-state index contributed by atoms with van der Waals surface area (Å²) in [5.74, 6) is -1.24. The Balaban J connectivity index is 2.24. The van der Waals surface area contributed by atoms with Crippen LogP contribution in [-0.4, -0.2) is 60.2 Å². The fourth-order valence-corrected chi connectivity index (χ4v) is 3.28. The second-order valence-electron chi connectivity index (χ2n) is 8.11. The first-order chi connectivity index (χ1) is 13.9. The van der Waals surface area contributed by atoms with Crippen molar-refractivity contribution in [3.05, 3.63) is 12.3 Å². The molecule has 1 saturated heterocycles. The van der Waals surface area contributed by atoms with Gasteiger partial charge in [-0.1, -0.05) is 25.6 Å². The topological polar surface area (TPSA) is 123 Å². The molecule has 0 bridgehead atoms. The monoisotopic (exact) mass is 443 g/mol. The van der Waals surface area contributed by atoms with Crippen LogP contribution in [0.3, 0.4) is 0 Å². The van der Waals surface area contributed by atoms with Gasteiger partial charge in [0.15, 0.2) is 10.9 Å². The summed E-state index contributed by atoms with van der Waals surface area (Å²) in [5.41, 5.74) is -0.498. The zero-order valence-corrected chi connectivity index (χ0v) is 19.1. The summed E-state index contributed by atoms with van der Waals surface area (Å²) in [6, 6.07) is 0. The van der Waals surface area contributed by atoms with Crippen molar-refractivity contribution in [2.45, 2.75) is 59.4 Å². The molecular formula is C20H33N3O6S. The van der Waals surface area contributed by atoms with Crippen molar-refractivity contribution in [2.24, 2.45) is 5.41 Å². The van der Waals surface area contributed by atoms with Gasteiger partial charge in [0.2, 0.25) is 11.8 Å². The van der Waals surface area contributed by atoms with Gasteiger partial charge in [0, 0.05) is 49.9 Å². The first-order valence-electron chi connectivity index (χ1n) is 9.89. The Morgan fingerprint density at radius 2 is 1.80 bits per heavy atom. The molecule has 0 aromatic rings. The van der Waals surface area contributed by atoms with Crippen LogP contribution in [0.15, 0.2) is 12.3 Å². The summed E-state index contributed by atoms with van der Waals surface area (Å²) in [7, 11) is 0. The van der Waals surface area contributed by atoms with Gasteiger partial charge >= 0.3 is 0 Å². The molecule has 0 unspecified atom stereocenters. The van der Waals surface area contributed by atoms with Gasteiger partial charge in [0.1, 0.15) is 6.10 Å². The fraction of sp³-hybridized carbons (Fsp3) is 0.700. The van der Waals surface area contributed by atoms with Gasteiger partial charge < -0.3 is 25.4 Å². The molecule has 0 spiro atoms. The molecule has 9 nitrogen and oxygen atoms in total. The maximum Gasteiger partial charge on any atom is 0.253 e. The van der Waals surface area contributed by atoms with E-state index in [4.69, 9.17) is 9.47 Å². The number of hydrogen-bond acceptors (Lipinski definition) is 7. The van der Waals surface area contributed by atoms with Crippen molar-refractivity contribution in [3.63, 3.8) is 0 Å². The summed E-state index contributed by atoms with van der Waals surface area (Å²) >= 11 is 1.14. The number of rotatable bonds is 10. The minimum atomic E-state index is -0.850. The molecule has 1 aliphatic heterocycles. The minimum Gasteiger partial charge on any atom is -0.356 e. The third-order valence-electron chi connectivity index (χ3n) is 4.20. The van der Waals surface area contributed by atoms with Crippen LogP contribution in [0.1, 0.15) is 47.5 Å². The molecule has 3 amide bonds. The van der Waals surface area contributed by atoms with E-state index in [1.807, 2.05) is 13.8 Å². The van der Waals surface area contributed by atoms with Crippen LogP contribution >= 0.6 is 11.8 Å². The molecule has 3 N–H and O–H groups in total. The van der Waals surface area contributed by atoms with Gasteiger partial charge in [-0.25, -0.2) is 0 Å². The van der Waals surface area contributed by atoms with Gasteiger partial charge in [0.25, 0.3) is 5.91 Å². The zero-order chi connectivity index (χ0) is 22.8. The number of nitrogens with one attached hydrogen (secondary N) is 3. The van der Waals surface area contributed by atoms with Crippen LogP contribution in [0.4, 0.5) is 0 Å². The highest BCUT2D eigenvalue weighted by molar-refractivity contribution is 8.13. The van der Waals surface area contributed by atoms with Gasteiger partial charge in [-0.2, -0.15) is 0 Å². The largest absolute Gasteiger partial charge is 0.356 e. The molecular weight excluding hydrogens is 410 g/mol. The van der Waals surface area contributed by atoms with Gasteiger partial charge in [-0.3, -0.25) is 19.2 Å². The smallest absolute Gasteiger partial charge is 0.253 e. The predicted molar refractivity (Wildman–Crippen MR) is 114 cm³/mol. The Morgan fingerprint density at radius 1 is 1.10 bits per heavy atom. The van der Waals surface area contributed by atoms with E-state index in [0.29, 0.717) is 38.3 Å². The molecule has 170 valence electrons. The summed E-state index contributed by atoms with van der Waals surface area (Å²) in [6.07, 6.45) is 2.74. The Morgan fingerprint density at radius 3 is 2.47 bits per heavy atom. The van der Waals surface area contributed by atoms with E-state index in [-0.39, 0.29) is 22.8 Å². The second-order valence-corrected chi connectivity index (χ2v) is 9.27. The Kier molecular flexibility index (Phi) is 10.5. The van der Waals surface area contributed by atoms with E-state index in [1.165, 1.54) is 19.2 Å². The SMILES string of the molecule is CC(=O)NCCCC(=O)SCCNC(=O)C=CNC(=O)[C@@H]1OC(C)(C)OCC1(C)C. The average molecular weight is 444 g/mol. The Labute approximate surface area is 182 Å². The van der Waals surface area contributed by atoms with Crippen molar-refractivity contribution in [2.75, 3.05) is 25.4 Å². The number of thioether (sulfide) groups is 1. The van der Waals surface area contributed by atoms with Gasteiger partial charge in [0.05, 0.1) is 6.61 Å². The normalized spacial score (nSPS) is 19.8. The number of carbonyl (C=O) groups is 4. The summed E-state index contributed by atoms with van der Waals surface area (Å²) < 4.78 is 11.3. The number of amides is 3. The van der Waals surface area contributed by atoms with Gasteiger partial charge in [-0.05, 0) is 20.3 Å². The van der Waals surface area contributed by atoms with E-state index >= 15 is 0 Å². The van der Waals surface area contributed by atoms with E-state index in [1.54, 1.807) is 13.8 Å². The molecule has 1 aliphatic rings. The third kappa shape index (κ3) is 10.2. The summed E-state index contributed by atoms with van der Waals surface area (Å²) in [6.45, 7) is 9.86. The number of ether oxygens (including phenoxy) is 2. The lowest BCUT2D eigenvalue weighted by molar-refractivity contribution is -0.303. The lowest BCUT2D eigenvalue weighted by Gasteiger charge is -2.44.